The van der Waals surface area contributed by atoms with Gasteiger partial charge in [0, 0.05) is 23.5 Å². The summed E-state index contributed by atoms with van der Waals surface area (Å²) >= 11 is 6.16. The van der Waals surface area contributed by atoms with E-state index in [1.807, 2.05) is 44.2 Å². The molecule has 2 aromatic rings. The number of benzene rings is 2. The molecular formula is C15H17ClN2O. The molecule has 0 amide bonds. The lowest BCUT2D eigenvalue weighted by atomic mass is 10.2. The van der Waals surface area contributed by atoms with Crippen molar-refractivity contribution in [2.75, 3.05) is 17.7 Å². The summed E-state index contributed by atoms with van der Waals surface area (Å²) in [6.45, 7) is 4.56. The summed E-state index contributed by atoms with van der Waals surface area (Å²) < 4.78 is 5.47. The summed E-state index contributed by atoms with van der Waals surface area (Å²) in [5.74, 6) is 0.744. The standard InChI is InChI=1S/C15H17ClN2O/c1-3-19-13-8-11(17)7-12(9-13)18-15-6-10(2)4-5-14(15)16/h4-9,18H,3,17H2,1-2H3. The lowest BCUT2D eigenvalue weighted by molar-refractivity contribution is 0.340. The van der Waals surface area contributed by atoms with Gasteiger partial charge in [-0.15, -0.1) is 0 Å². The molecule has 0 aromatic heterocycles. The zero-order valence-electron chi connectivity index (χ0n) is 11.0. The topological polar surface area (TPSA) is 47.3 Å². The summed E-state index contributed by atoms with van der Waals surface area (Å²) in [6, 6.07) is 11.4. The van der Waals surface area contributed by atoms with Crippen LogP contribution < -0.4 is 15.8 Å². The van der Waals surface area contributed by atoms with Crippen molar-refractivity contribution in [3.05, 3.63) is 47.0 Å². The lowest BCUT2D eigenvalue weighted by Gasteiger charge is -2.12. The van der Waals surface area contributed by atoms with Gasteiger partial charge >= 0.3 is 0 Å². The van der Waals surface area contributed by atoms with Gasteiger partial charge < -0.3 is 15.8 Å². The van der Waals surface area contributed by atoms with Crippen molar-refractivity contribution in [2.45, 2.75) is 13.8 Å². The number of nitrogens with one attached hydrogen (secondary N) is 1. The first-order valence-electron chi connectivity index (χ1n) is 6.15. The van der Waals surface area contributed by atoms with Crippen LogP contribution in [0.1, 0.15) is 12.5 Å². The van der Waals surface area contributed by atoms with E-state index in [2.05, 4.69) is 5.32 Å². The Labute approximate surface area is 118 Å². The molecule has 0 aliphatic rings. The maximum atomic E-state index is 6.16. The third-order valence-corrected chi connectivity index (χ3v) is 2.97. The van der Waals surface area contributed by atoms with E-state index in [-0.39, 0.29) is 0 Å². The van der Waals surface area contributed by atoms with Crippen LogP contribution in [0.15, 0.2) is 36.4 Å². The molecule has 4 heteroatoms. The molecule has 0 heterocycles. The summed E-state index contributed by atoms with van der Waals surface area (Å²) in [5, 5.41) is 3.93. The number of nitrogen functional groups attached to an aromatic ring is 1. The number of aryl methyl sites for hydroxylation is 1. The number of rotatable bonds is 4. The fourth-order valence-corrected chi connectivity index (χ4v) is 2.00. The van der Waals surface area contributed by atoms with Gasteiger partial charge in [0.25, 0.3) is 0 Å². The van der Waals surface area contributed by atoms with Gasteiger partial charge in [-0.2, -0.15) is 0 Å². The zero-order chi connectivity index (χ0) is 13.8. The van der Waals surface area contributed by atoms with Gasteiger partial charge in [-0.05, 0) is 37.6 Å². The van der Waals surface area contributed by atoms with Crippen LogP contribution in [0.25, 0.3) is 0 Å². The lowest BCUT2D eigenvalue weighted by Crippen LogP contribution is -1.97. The highest BCUT2D eigenvalue weighted by Crippen LogP contribution is 2.29. The van der Waals surface area contributed by atoms with Gasteiger partial charge in [0.1, 0.15) is 5.75 Å². The molecule has 3 N–H and O–H groups in total. The van der Waals surface area contributed by atoms with Crippen LogP contribution in [0.2, 0.25) is 5.02 Å². The number of nitrogens with two attached hydrogens (primary N) is 1. The van der Waals surface area contributed by atoms with Crippen molar-refractivity contribution in [1.29, 1.82) is 0 Å². The Morgan fingerprint density at radius 1 is 1.21 bits per heavy atom. The molecule has 0 saturated heterocycles. The molecule has 2 rings (SSSR count). The van der Waals surface area contributed by atoms with Crippen LogP contribution in [0, 0.1) is 6.92 Å². The van der Waals surface area contributed by atoms with E-state index in [1.165, 1.54) is 0 Å². The number of hydrogen-bond donors (Lipinski definition) is 2. The SMILES string of the molecule is CCOc1cc(N)cc(Nc2cc(C)ccc2Cl)c1. The molecule has 0 atom stereocenters. The highest BCUT2D eigenvalue weighted by molar-refractivity contribution is 6.33. The van der Waals surface area contributed by atoms with Crippen molar-refractivity contribution < 1.29 is 4.74 Å². The van der Waals surface area contributed by atoms with E-state index in [1.54, 1.807) is 6.07 Å². The molecule has 19 heavy (non-hydrogen) atoms. The number of ether oxygens (including phenoxy) is 1. The van der Waals surface area contributed by atoms with E-state index in [0.717, 1.165) is 22.7 Å². The van der Waals surface area contributed by atoms with Gasteiger partial charge in [-0.25, -0.2) is 0 Å². The fourth-order valence-electron chi connectivity index (χ4n) is 1.83. The van der Waals surface area contributed by atoms with Crippen LogP contribution in [0.5, 0.6) is 5.75 Å². The predicted molar refractivity (Wildman–Crippen MR) is 81.5 cm³/mol. The maximum Gasteiger partial charge on any atom is 0.123 e. The quantitative estimate of drug-likeness (QED) is 0.815. The van der Waals surface area contributed by atoms with Crippen LogP contribution in [-0.2, 0) is 0 Å². The van der Waals surface area contributed by atoms with E-state index in [9.17, 15) is 0 Å². The van der Waals surface area contributed by atoms with Crippen molar-refractivity contribution >= 4 is 28.7 Å². The van der Waals surface area contributed by atoms with Gasteiger partial charge in [-0.1, -0.05) is 17.7 Å². The molecular weight excluding hydrogens is 260 g/mol. The van der Waals surface area contributed by atoms with E-state index >= 15 is 0 Å². The van der Waals surface area contributed by atoms with Crippen LogP contribution in [-0.4, -0.2) is 6.61 Å². The van der Waals surface area contributed by atoms with E-state index in [0.29, 0.717) is 17.3 Å². The highest BCUT2D eigenvalue weighted by atomic mass is 35.5. The van der Waals surface area contributed by atoms with Gasteiger partial charge in [0.05, 0.1) is 17.3 Å². The Morgan fingerprint density at radius 3 is 2.74 bits per heavy atom. The molecule has 0 unspecified atom stereocenters. The minimum absolute atomic E-state index is 0.605. The minimum atomic E-state index is 0.605. The molecule has 0 aliphatic carbocycles. The molecule has 100 valence electrons. The smallest absolute Gasteiger partial charge is 0.123 e. The Bertz CT molecular complexity index is 584. The molecule has 0 bridgehead atoms. The van der Waals surface area contributed by atoms with E-state index in [4.69, 9.17) is 22.1 Å². The minimum Gasteiger partial charge on any atom is -0.494 e. The van der Waals surface area contributed by atoms with E-state index < -0.39 is 0 Å². The Morgan fingerprint density at radius 2 is 2.00 bits per heavy atom. The average molecular weight is 277 g/mol. The van der Waals surface area contributed by atoms with Gasteiger partial charge in [0.15, 0.2) is 0 Å². The largest absolute Gasteiger partial charge is 0.494 e. The van der Waals surface area contributed by atoms with Crippen LogP contribution in [0.3, 0.4) is 0 Å². The van der Waals surface area contributed by atoms with Crippen LogP contribution >= 0.6 is 11.6 Å². The first kappa shape index (κ1) is 13.6. The molecule has 2 aromatic carbocycles. The van der Waals surface area contributed by atoms with Gasteiger partial charge in [-0.3, -0.25) is 0 Å². The molecule has 0 radical (unpaired) electrons. The summed E-state index contributed by atoms with van der Waals surface area (Å²) in [7, 11) is 0. The van der Waals surface area contributed by atoms with Crippen molar-refractivity contribution in [3.8, 4) is 5.75 Å². The average Bonchev–Trinajstić information content (AvgIpc) is 2.33. The number of hydrogen-bond acceptors (Lipinski definition) is 3. The molecule has 0 fully saturated rings. The number of anilines is 3. The van der Waals surface area contributed by atoms with Crippen molar-refractivity contribution in [2.24, 2.45) is 0 Å². The summed E-state index contributed by atoms with van der Waals surface area (Å²) in [4.78, 5) is 0. The Hall–Kier alpha value is -1.87. The third-order valence-electron chi connectivity index (χ3n) is 2.64. The van der Waals surface area contributed by atoms with Crippen molar-refractivity contribution in [3.63, 3.8) is 0 Å². The molecule has 0 aliphatic heterocycles. The second-order valence-electron chi connectivity index (χ2n) is 4.33. The maximum absolute atomic E-state index is 6.16. The van der Waals surface area contributed by atoms with Crippen LogP contribution in [0.4, 0.5) is 17.1 Å². The van der Waals surface area contributed by atoms with Crippen molar-refractivity contribution in [1.82, 2.24) is 0 Å². The summed E-state index contributed by atoms with van der Waals surface area (Å²) in [6.07, 6.45) is 0. The van der Waals surface area contributed by atoms with Gasteiger partial charge in [0.2, 0.25) is 0 Å². The normalized spacial score (nSPS) is 10.3. The number of halogens is 1. The first-order chi connectivity index (χ1) is 9.08. The summed E-state index contributed by atoms with van der Waals surface area (Å²) in [5.41, 5.74) is 9.36. The Kier molecular flexibility index (Phi) is 4.17. The second kappa shape index (κ2) is 5.85. The molecule has 0 saturated carbocycles. The molecule has 0 spiro atoms. The highest BCUT2D eigenvalue weighted by Gasteiger charge is 2.04. The third kappa shape index (κ3) is 3.55. The Balaban J connectivity index is 2.29. The molecule has 3 nitrogen and oxygen atoms in total. The predicted octanol–water partition coefficient (Wildman–Crippen LogP) is 4.37. The fraction of sp³-hybridized carbons (Fsp3) is 0.200. The second-order valence-corrected chi connectivity index (χ2v) is 4.74. The first-order valence-corrected chi connectivity index (χ1v) is 6.53. The monoisotopic (exact) mass is 276 g/mol. The zero-order valence-corrected chi connectivity index (χ0v) is 11.8.